The fourth-order valence-electron chi connectivity index (χ4n) is 3.51. The van der Waals surface area contributed by atoms with Gasteiger partial charge in [0.1, 0.15) is 17.8 Å². The van der Waals surface area contributed by atoms with Crippen LogP contribution in [0.25, 0.3) is 22.2 Å². The summed E-state index contributed by atoms with van der Waals surface area (Å²) in [4.78, 5) is 54.3. The molecule has 174 valence electrons. The third-order valence-corrected chi connectivity index (χ3v) is 5.53. The van der Waals surface area contributed by atoms with Gasteiger partial charge in [-0.1, -0.05) is 23.7 Å². The van der Waals surface area contributed by atoms with Crippen molar-refractivity contribution >= 4 is 34.5 Å². The number of amides is 1. The Labute approximate surface area is 197 Å². The molecule has 0 aliphatic rings. The monoisotopic (exact) mass is 481 g/mol. The van der Waals surface area contributed by atoms with E-state index in [-0.39, 0.29) is 23.1 Å². The van der Waals surface area contributed by atoms with Gasteiger partial charge >= 0.3 is 5.97 Å². The Morgan fingerprint density at radius 2 is 1.94 bits per heavy atom. The average molecular weight is 482 g/mol. The molecule has 0 unspecified atom stereocenters. The summed E-state index contributed by atoms with van der Waals surface area (Å²) in [5, 5.41) is 7.37. The zero-order chi connectivity index (χ0) is 24.4. The number of methoxy groups -OCH3 is 1. The first-order valence-corrected chi connectivity index (χ1v) is 10.5. The van der Waals surface area contributed by atoms with Crippen molar-refractivity contribution in [2.45, 2.75) is 13.1 Å². The fraction of sp³-hybridized carbons (Fsp3) is 0.174. The number of hydrogen-bond acceptors (Lipinski definition) is 6. The molecule has 2 N–H and O–H groups in total. The van der Waals surface area contributed by atoms with Gasteiger partial charge < -0.3 is 15.0 Å². The van der Waals surface area contributed by atoms with E-state index in [0.29, 0.717) is 16.1 Å². The molecule has 10 nitrogen and oxygen atoms in total. The van der Waals surface area contributed by atoms with E-state index in [9.17, 15) is 19.2 Å². The van der Waals surface area contributed by atoms with E-state index in [1.807, 2.05) is 0 Å². The van der Waals surface area contributed by atoms with E-state index in [0.717, 1.165) is 10.1 Å². The number of H-pyrrole nitrogens is 1. The van der Waals surface area contributed by atoms with Crippen LogP contribution in [-0.4, -0.2) is 38.3 Å². The molecular weight excluding hydrogens is 462 g/mol. The summed E-state index contributed by atoms with van der Waals surface area (Å²) in [7, 11) is 2.90. The standard InChI is InChI=1S/C23H20ClN5O5/c1-28-11-14(9-27-28)18-10-25-21-16(20(18)31)7-17(23(33)29(21)12-19(30)34-2)22(32)26-8-13-3-5-15(24)6-4-13/h3-7,9-11H,8,12H2,1-2H3,(H,25,31)(H,26,32). The van der Waals surface area contributed by atoms with E-state index >= 15 is 0 Å². The summed E-state index contributed by atoms with van der Waals surface area (Å²) in [5.41, 5.74) is 0.288. The highest BCUT2D eigenvalue weighted by Crippen LogP contribution is 2.17. The molecular formula is C23H20ClN5O5. The molecule has 0 saturated heterocycles. The second-order valence-electron chi connectivity index (χ2n) is 7.53. The van der Waals surface area contributed by atoms with E-state index in [4.69, 9.17) is 11.6 Å². The van der Waals surface area contributed by atoms with Crippen LogP contribution in [-0.2, 0) is 29.7 Å². The molecule has 0 saturated carbocycles. The van der Waals surface area contributed by atoms with Gasteiger partial charge in [-0.2, -0.15) is 5.10 Å². The Kier molecular flexibility index (Phi) is 6.33. The first-order valence-electron chi connectivity index (χ1n) is 10.2. The highest BCUT2D eigenvalue weighted by Gasteiger charge is 2.21. The number of aromatic amines is 1. The summed E-state index contributed by atoms with van der Waals surface area (Å²) >= 11 is 5.88. The van der Waals surface area contributed by atoms with Gasteiger partial charge in [-0.15, -0.1) is 0 Å². The normalized spacial score (nSPS) is 10.9. The lowest BCUT2D eigenvalue weighted by Gasteiger charge is -2.13. The molecule has 0 fully saturated rings. The van der Waals surface area contributed by atoms with Crippen LogP contribution in [0.3, 0.4) is 0 Å². The number of esters is 1. The van der Waals surface area contributed by atoms with Gasteiger partial charge in [-0.25, -0.2) is 0 Å². The summed E-state index contributed by atoms with van der Waals surface area (Å²) in [6, 6.07) is 8.08. The summed E-state index contributed by atoms with van der Waals surface area (Å²) in [6.45, 7) is -0.344. The van der Waals surface area contributed by atoms with Crippen LogP contribution in [0.5, 0.6) is 0 Å². The summed E-state index contributed by atoms with van der Waals surface area (Å²) < 4.78 is 7.26. The summed E-state index contributed by atoms with van der Waals surface area (Å²) in [5.74, 6) is -1.40. The Hall–Kier alpha value is -4.18. The smallest absolute Gasteiger partial charge is 0.325 e. The predicted molar refractivity (Wildman–Crippen MR) is 126 cm³/mol. The highest BCUT2D eigenvalue weighted by molar-refractivity contribution is 6.30. The number of rotatable bonds is 6. The van der Waals surface area contributed by atoms with Crippen LogP contribution >= 0.6 is 11.6 Å². The number of nitrogens with zero attached hydrogens (tertiary/aromatic N) is 3. The van der Waals surface area contributed by atoms with Gasteiger partial charge in [0.25, 0.3) is 11.5 Å². The number of halogens is 1. The molecule has 4 rings (SSSR count). The molecule has 3 heterocycles. The molecule has 1 amide bonds. The molecule has 0 spiro atoms. The van der Waals surface area contributed by atoms with Crippen molar-refractivity contribution in [1.29, 1.82) is 0 Å². The van der Waals surface area contributed by atoms with Crippen molar-refractivity contribution in [3.8, 4) is 11.1 Å². The zero-order valence-corrected chi connectivity index (χ0v) is 19.0. The maximum Gasteiger partial charge on any atom is 0.325 e. The molecule has 11 heteroatoms. The van der Waals surface area contributed by atoms with Crippen LogP contribution in [0.1, 0.15) is 15.9 Å². The van der Waals surface area contributed by atoms with E-state index in [1.54, 1.807) is 42.2 Å². The van der Waals surface area contributed by atoms with Crippen molar-refractivity contribution in [2.75, 3.05) is 7.11 Å². The number of fused-ring (bicyclic) bond motifs is 1. The van der Waals surface area contributed by atoms with Gasteiger partial charge in [0.05, 0.1) is 18.7 Å². The number of carbonyl (C=O) groups is 2. The SMILES string of the molecule is COC(=O)Cn1c(=O)c(C(=O)NCc2ccc(Cl)cc2)cc2c(=O)c(-c3cnn(C)c3)c[nH]c21. The van der Waals surface area contributed by atoms with Gasteiger partial charge in [0.15, 0.2) is 5.43 Å². The minimum atomic E-state index is -0.740. The molecule has 1 aromatic carbocycles. The highest BCUT2D eigenvalue weighted by atomic mass is 35.5. The van der Waals surface area contributed by atoms with Crippen LogP contribution in [0.4, 0.5) is 0 Å². The predicted octanol–water partition coefficient (Wildman–Crippen LogP) is 1.85. The maximum atomic E-state index is 13.3. The fourth-order valence-corrected chi connectivity index (χ4v) is 3.63. The van der Waals surface area contributed by atoms with Gasteiger partial charge in [-0.3, -0.25) is 28.4 Å². The van der Waals surface area contributed by atoms with Crippen molar-refractivity contribution in [3.63, 3.8) is 0 Å². The Morgan fingerprint density at radius 1 is 1.21 bits per heavy atom. The zero-order valence-electron chi connectivity index (χ0n) is 18.3. The molecule has 0 aliphatic carbocycles. The minimum Gasteiger partial charge on any atom is -0.468 e. The number of aryl methyl sites for hydroxylation is 1. The van der Waals surface area contributed by atoms with Gasteiger partial charge in [0.2, 0.25) is 0 Å². The van der Waals surface area contributed by atoms with Crippen molar-refractivity contribution < 1.29 is 14.3 Å². The van der Waals surface area contributed by atoms with E-state index in [1.165, 1.54) is 25.6 Å². The number of nitrogens with one attached hydrogen (secondary N) is 2. The molecule has 4 aromatic rings. The second-order valence-corrected chi connectivity index (χ2v) is 7.97. The first kappa shape index (κ1) is 23.0. The maximum absolute atomic E-state index is 13.3. The Balaban J connectivity index is 1.82. The van der Waals surface area contributed by atoms with Crippen molar-refractivity contribution in [3.05, 3.63) is 85.6 Å². The number of carbonyl (C=O) groups excluding carboxylic acids is 2. The number of hydrogen-bond donors (Lipinski definition) is 2. The van der Waals surface area contributed by atoms with E-state index in [2.05, 4.69) is 20.1 Å². The number of pyridine rings is 2. The lowest BCUT2D eigenvalue weighted by Crippen LogP contribution is -2.35. The van der Waals surface area contributed by atoms with Crippen LogP contribution in [0.15, 0.2) is 58.5 Å². The van der Waals surface area contributed by atoms with E-state index < -0.39 is 29.4 Å². The van der Waals surface area contributed by atoms with Gasteiger partial charge in [-0.05, 0) is 23.8 Å². The number of benzene rings is 1. The Bertz CT molecular complexity index is 1520. The summed E-state index contributed by atoms with van der Waals surface area (Å²) in [6.07, 6.45) is 4.64. The molecule has 0 radical (unpaired) electrons. The third kappa shape index (κ3) is 4.48. The molecule has 0 aliphatic heterocycles. The van der Waals surface area contributed by atoms with Crippen molar-refractivity contribution in [2.24, 2.45) is 7.05 Å². The average Bonchev–Trinajstić information content (AvgIpc) is 3.26. The van der Waals surface area contributed by atoms with Crippen LogP contribution in [0, 0.1) is 0 Å². The van der Waals surface area contributed by atoms with Crippen LogP contribution < -0.4 is 16.3 Å². The molecule has 0 bridgehead atoms. The largest absolute Gasteiger partial charge is 0.468 e. The topological polar surface area (TPSA) is 128 Å². The molecule has 3 aromatic heterocycles. The number of ether oxygens (including phenoxy) is 1. The van der Waals surface area contributed by atoms with Gasteiger partial charge in [0, 0.05) is 42.1 Å². The first-order chi connectivity index (χ1) is 16.3. The third-order valence-electron chi connectivity index (χ3n) is 5.27. The lowest BCUT2D eigenvalue weighted by molar-refractivity contribution is -0.141. The minimum absolute atomic E-state index is 0.0708. The second kappa shape index (κ2) is 9.36. The quantitative estimate of drug-likeness (QED) is 0.404. The lowest BCUT2D eigenvalue weighted by atomic mass is 10.1. The van der Waals surface area contributed by atoms with Crippen molar-refractivity contribution in [1.82, 2.24) is 24.6 Å². The van der Waals surface area contributed by atoms with Crippen LogP contribution in [0.2, 0.25) is 5.02 Å². The Morgan fingerprint density at radius 3 is 2.59 bits per heavy atom. The molecule has 0 atom stereocenters. The number of aromatic nitrogens is 4. The molecule has 34 heavy (non-hydrogen) atoms.